The van der Waals surface area contributed by atoms with Crippen molar-refractivity contribution in [1.29, 1.82) is 0 Å². The van der Waals surface area contributed by atoms with E-state index in [1.54, 1.807) is 26.0 Å². The number of thiazole rings is 1. The van der Waals surface area contributed by atoms with Crippen molar-refractivity contribution < 1.29 is 13.9 Å². The number of halogens is 2. The summed E-state index contributed by atoms with van der Waals surface area (Å²) in [6.07, 6.45) is 5.04. The average Bonchev–Trinajstić information content (AvgIpc) is 3.10. The van der Waals surface area contributed by atoms with E-state index in [1.165, 1.54) is 22.8 Å². The van der Waals surface area contributed by atoms with Crippen LogP contribution in [0.4, 0.5) is 4.39 Å². The molecule has 0 bridgehead atoms. The third-order valence-corrected chi connectivity index (χ3v) is 6.42. The molecule has 2 aromatic carbocycles. The molecule has 33 heavy (non-hydrogen) atoms. The van der Waals surface area contributed by atoms with Gasteiger partial charge in [0.25, 0.3) is 5.56 Å². The fourth-order valence-corrected chi connectivity index (χ4v) is 4.82. The summed E-state index contributed by atoms with van der Waals surface area (Å²) >= 11 is 7.26. The van der Waals surface area contributed by atoms with E-state index in [1.807, 2.05) is 36.4 Å². The average molecular weight is 483 g/mol. The maximum Gasteiger partial charge on any atom is 0.338 e. The molecule has 8 heteroatoms. The van der Waals surface area contributed by atoms with Gasteiger partial charge in [0.05, 0.1) is 33.5 Å². The fourth-order valence-electron chi connectivity index (χ4n) is 3.56. The number of carbonyl (C=O) groups is 1. The van der Waals surface area contributed by atoms with Crippen LogP contribution in [0.5, 0.6) is 0 Å². The van der Waals surface area contributed by atoms with Gasteiger partial charge >= 0.3 is 5.97 Å². The second kappa shape index (κ2) is 9.68. The summed E-state index contributed by atoms with van der Waals surface area (Å²) in [7, 11) is 0. The first kappa shape index (κ1) is 22.9. The third-order valence-electron chi connectivity index (χ3n) is 5.11. The van der Waals surface area contributed by atoms with Gasteiger partial charge in [0, 0.05) is 5.56 Å². The summed E-state index contributed by atoms with van der Waals surface area (Å²) in [6, 6.07) is 13.2. The quantitative estimate of drug-likeness (QED) is 0.511. The third kappa shape index (κ3) is 4.60. The van der Waals surface area contributed by atoms with Crippen molar-refractivity contribution in [3.63, 3.8) is 0 Å². The van der Waals surface area contributed by atoms with Gasteiger partial charge in [0.15, 0.2) is 4.80 Å². The second-order valence-electron chi connectivity index (χ2n) is 7.25. The summed E-state index contributed by atoms with van der Waals surface area (Å²) in [5.41, 5.74) is 1.40. The highest BCUT2D eigenvalue weighted by Crippen LogP contribution is 2.26. The first-order chi connectivity index (χ1) is 15.9. The molecule has 0 amide bonds. The molecule has 1 aliphatic heterocycles. The zero-order valence-corrected chi connectivity index (χ0v) is 19.5. The number of aromatic nitrogens is 1. The zero-order valence-electron chi connectivity index (χ0n) is 17.9. The number of allylic oxidation sites excluding steroid dienone is 2. The number of ether oxygens (including phenoxy) is 1. The van der Waals surface area contributed by atoms with Crippen molar-refractivity contribution >= 4 is 41.1 Å². The molecule has 1 unspecified atom stereocenters. The van der Waals surface area contributed by atoms with Crippen LogP contribution in [0.2, 0.25) is 5.02 Å². The predicted octanol–water partition coefficient (Wildman–Crippen LogP) is 4.26. The van der Waals surface area contributed by atoms with Gasteiger partial charge in [-0.1, -0.05) is 71.5 Å². The minimum Gasteiger partial charge on any atom is -0.463 e. The molecule has 5 nitrogen and oxygen atoms in total. The van der Waals surface area contributed by atoms with Crippen LogP contribution in [0, 0.1) is 5.82 Å². The van der Waals surface area contributed by atoms with Crippen molar-refractivity contribution in [1.82, 2.24) is 4.57 Å². The lowest BCUT2D eigenvalue weighted by Gasteiger charge is -2.21. The van der Waals surface area contributed by atoms with Crippen LogP contribution in [-0.4, -0.2) is 17.1 Å². The van der Waals surface area contributed by atoms with Crippen molar-refractivity contribution in [2.24, 2.45) is 4.99 Å². The first-order valence-corrected chi connectivity index (χ1v) is 11.5. The summed E-state index contributed by atoms with van der Waals surface area (Å²) < 4.78 is 21.3. The monoisotopic (exact) mass is 482 g/mol. The van der Waals surface area contributed by atoms with E-state index in [0.29, 0.717) is 10.5 Å². The molecule has 0 N–H and O–H groups in total. The molecule has 0 aliphatic carbocycles. The van der Waals surface area contributed by atoms with Crippen molar-refractivity contribution in [3.8, 4) is 0 Å². The lowest BCUT2D eigenvalue weighted by Crippen LogP contribution is -2.38. The van der Waals surface area contributed by atoms with Gasteiger partial charge < -0.3 is 4.74 Å². The molecular formula is C25H20ClFN2O3S. The highest BCUT2D eigenvalue weighted by atomic mass is 35.5. The summed E-state index contributed by atoms with van der Waals surface area (Å²) in [5, 5.41) is 0.199. The zero-order chi connectivity index (χ0) is 23.5. The SMILES string of the molecule is CCOC(=O)C1=C(C)N=c2s/c(=C/c3c(F)cccc3Cl)c(=O)n2C1/C=C/c1ccccc1. The number of esters is 1. The molecule has 3 aromatic rings. The first-order valence-electron chi connectivity index (χ1n) is 10.3. The van der Waals surface area contributed by atoms with Crippen LogP contribution in [0.1, 0.15) is 31.0 Å². The number of rotatable bonds is 5. The number of hydrogen-bond acceptors (Lipinski definition) is 5. The van der Waals surface area contributed by atoms with Gasteiger partial charge in [-0.3, -0.25) is 9.36 Å². The molecule has 0 radical (unpaired) electrons. The number of fused-ring (bicyclic) bond motifs is 1. The van der Waals surface area contributed by atoms with Gasteiger partial charge in [0.1, 0.15) is 5.82 Å². The minimum atomic E-state index is -0.723. The molecule has 0 saturated carbocycles. The fraction of sp³-hybridized carbons (Fsp3) is 0.160. The number of nitrogens with zero attached hydrogens (tertiary/aromatic N) is 2. The van der Waals surface area contributed by atoms with Gasteiger partial charge in [-0.2, -0.15) is 0 Å². The summed E-state index contributed by atoms with van der Waals surface area (Å²) in [4.78, 5) is 31.1. The van der Waals surface area contributed by atoms with Crippen LogP contribution in [0.3, 0.4) is 0 Å². The Kier molecular flexibility index (Phi) is 6.72. The van der Waals surface area contributed by atoms with Gasteiger partial charge in [-0.25, -0.2) is 14.2 Å². The number of hydrogen-bond donors (Lipinski definition) is 0. The minimum absolute atomic E-state index is 0.127. The molecule has 0 spiro atoms. The Bertz CT molecular complexity index is 1430. The van der Waals surface area contributed by atoms with E-state index in [9.17, 15) is 14.0 Å². The topological polar surface area (TPSA) is 60.7 Å². The Hall–Kier alpha value is -3.29. The number of carbonyl (C=O) groups excluding carboxylic acids is 1. The van der Waals surface area contributed by atoms with E-state index >= 15 is 0 Å². The van der Waals surface area contributed by atoms with Crippen LogP contribution >= 0.6 is 22.9 Å². The molecule has 168 valence electrons. The smallest absolute Gasteiger partial charge is 0.338 e. The predicted molar refractivity (Wildman–Crippen MR) is 128 cm³/mol. The summed E-state index contributed by atoms with van der Waals surface area (Å²) in [6.45, 7) is 3.62. The Morgan fingerprint density at radius 3 is 2.70 bits per heavy atom. The molecule has 4 rings (SSSR count). The highest BCUT2D eigenvalue weighted by molar-refractivity contribution is 7.07. The lowest BCUT2D eigenvalue weighted by atomic mass is 10.0. The normalized spacial score (nSPS) is 16.1. The van der Waals surface area contributed by atoms with Gasteiger partial charge in [0.2, 0.25) is 0 Å². The Morgan fingerprint density at radius 1 is 1.24 bits per heavy atom. The molecule has 2 heterocycles. The Labute approximate surface area is 198 Å². The Balaban J connectivity index is 1.91. The highest BCUT2D eigenvalue weighted by Gasteiger charge is 2.30. The van der Waals surface area contributed by atoms with Crippen molar-refractivity contribution in [2.45, 2.75) is 19.9 Å². The van der Waals surface area contributed by atoms with Gasteiger partial charge in [-0.05, 0) is 37.6 Å². The standard InChI is InChI=1S/C25H20ClFN2O3S/c1-3-32-24(31)22-15(2)28-25-29(20(22)13-12-16-8-5-4-6-9-16)23(30)21(33-25)14-17-18(26)10-7-11-19(17)27/h4-14,20H,3H2,1-2H3/b13-12+,21-14+. The number of benzene rings is 2. The molecule has 1 aliphatic rings. The largest absolute Gasteiger partial charge is 0.463 e. The maximum atomic E-state index is 14.3. The molecule has 0 saturated heterocycles. The van der Waals surface area contributed by atoms with E-state index < -0.39 is 23.4 Å². The van der Waals surface area contributed by atoms with Crippen LogP contribution in [-0.2, 0) is 9.53 Å². The van der Waals surface area contributed by atoms with Crippen LogP contribution < -0.4 is 14.9 Å². The van der Waals surface area contributed by atoms with Crippen LogP contribution in [0.25, 0.3) is 12.2 Å². The maximum absolute atomic E-state index is 14.3. The molecule has 1 aromatic heterocycles. The van der Waals surface area contributed by atoms with E-state index in [4.69, 9.17) is 16.3 Å². The molecule has 1 atom stereocenters. The van der Waals surface area contributed by atoms with E-state index in [0.717, 1.165) is 16.9 Å². The second-order valence-corrected chi connectivity index (χ2v) is 8.67. The summed E-state index contributed by atoms with van der Waals surface area (Å²) in [5.74, 6) is -1.06. The van der Waals surface area contributed by atoms with Gasteiger partial charge in [-0.15, -0.1) is 0 Å². The van der Waals surface area contributed by atoms with E-state index in [2.05, 4.69) is 4.99 Å². The Morgan fingerprint density at radius 2 is 2.00 bits per heavy atom. The lowest BCUT2D eigenvalue weighted by molar-refractivity contribution is -0.139. The van der Waals surface area contributed by atoms with Crippen LogP contribution in [0.15, 0.2) is 75.7 Å². The van der Waals surface area contributed by atoms with Crippen molar-refractivity contribution in [2.75, 3.05) is 6.61 Å². The molecule has 0 fully saturated rings. The molecular weight excluding hydrogens is 463 g/mol. The van der Waals surface area contributed by atoms with E-state index in [-0.39, 0.29) is 27.3 Å². The van der Waals surface area contributed by atoms with Crippen molar-refractivity contribution in [3.05, 3.63) is 108 Å².